The first-order valence-electron chi connectivity index (χ1n) is 13.1. The van der Waals surface area contributed by atoms with Crippen LogP contribution in [0.3, 0.4) is 0 Å². The minimum absolute atomic E-state index is 0. The summed E-state index contributed by atoms with van der Waals surface area (Å²) in [6.07, 6.45) is 13.1. The van der Waals surface area contributed by atoms with Crippen molar-refractivity contribution in [2.24, 2.45) is 0 Å². The maximum absolute atomic E-state index is 2.54. The van der Waals surface area contributed by atoms with E-state index in [-0.39, 0.29) is 31.5 Å². The van der Waals surface area contributed by atoms with E-state index in [4.69, 9.17) is 0 Å². The molecule has 0 spiro atoms. The minimum atomic E-state index is -1.69. The van der Waals surface area contributed by atoms with Gasteiger partial charge in [0.1, 0.15) is 0 Å². The van der Waals surface area contributed by atoms with Gasteiger partial charge in [0, 0.05) is 0 Å². The standard InChI is InChI=1S/2C11H11.C6H14.C2H7Si.2ClH.Zr/c2*1-2-9-7-10-5-3-4-6-11(10)8-9;1-3-5-6-4-2;1-2-3;;;/h2*3-8H,2H2,1H3;3-6H2,1-2H3;2-3H2,1H3;2*1H;/q;;;;;;+2/p-2. The number of hydrogen-bond acceptors (Lipinski definition) is 0. The van der Waals surface area contributed by atoms with E-state index in [1.807, 2.05) is 0 Å². The van der Waals surface area contributed by atoms with Gasteiger partial charge in [0.15, 0.2) is 0 Å². The molecule has 2 aliphatic carbocycles. The molecule has 0 aliphatic heterocycles. The van der Waals surface area contributed by atoms with Crippen LogP contribution in [-0.2, 0) is 20.9 Å². The van der Waals surface area contributed by atoms with Gasteiger partial charge in [0.2, 0.25) is 0 Å². The summed E-state index contributed by atoms with van der Waals surface area (Å²) in [4.78, 5) is 0. The van der Waals surface area contributed by atoms with E-state index in [1.165, 1.54) is 55.7 Å². The summed E-state index contributed by atoms with van der Waals surface area (Å²) in [7, 11) is 0. The number of hydrogen-bond donors (Lipinski definition) is 0. The molecule has 2 aliphatic rings. The second-order valence-electron chi connectivity index (χ2n) is 9.30. The van der Waals surface area contributed by atoms with Crippen molar-refractivity contribution in [3.8, 4) is 0 Å². The van der Waals surface area contributed by atoms with Crippen LogP contribution in [0.15, 0.2) is 59.7 Å². The van der Waals surface area contributed by atoms with Crippen LogP contribution in [0, 0.1) is 0 Å². The van der Waals surface area contributed by atoms with Crippen LogP contribution in [0.5, 0.6) is 0 Å². The monoisotopic (exact) mass is 591 g/mol. The maximum atomic E-state index is 2.54. The van der Waals surface area contributed by atoms with Gasteiger partial charge in [-0.1, -0.05) is 39.5 Å². The molecule has 0 fully saturated rings. The summed E-state index contributed by atoms with van der Waals surface area (Å²) in [6.45, 7) is 11.7. The Balaban J connectivity index is 0.000000647. The molecule has 4 rings (SSSR count). The van der Waals surface area contributed by atoms with E-state index >= 15 is 0 Å². The van der Waals surface area contributed by atoms with Gasteiger partial charge in [-0.05, 0) is 0 Å². The second kappa shape index (κ2) is 16.4. The van der Waals surface area contributed by atoms with E-state index in [0.717, 1.165) is 7.25 Å². The van der Waals surface area contributed by atoms with E-state index in [1.54, 1.807) is 22.3 Å². The smallest absolute Gasteiger partial charge is 1.00 e. The fourth-order valence-corrected chi connectivity index (χ4v) is 28.7. The number of benzene rings is 2. The Bertz CT molecular complexity index is 863. The number of fused-ring (bicyclic) bond motifs is 2. The molecule has 0 bridgehead atoms. The van der Waals surface area contributed by atoms with Crippen molar-refractivity contribution >= 4 is 18.8 Å². The van der Waals surface area contributed by atoms with Crippen molar-refractivity contribution in [2.45, 2.75) is 86.4 Å². The number of allylic oxidation sites excluding steroid dienone is 2. The Kier molecular flexibility index (Phi) is 15.2. The van der Waals surface area contributed by atoms with Crippen molar-refractivity contribution < 1.29 is 45.7 Å². The SMILES string of the molecule is CCCCCC.CC[SiH2][Zr+2]([CH]1C(CC)=Cc2ccccc21)[CH]1C(CC)=Cc2ccccc21.[Cl-].[Cl-]. The molecule has 34 heavy (non-hydrogen) atoms. The summed E-state index contributed by atoms with van der Waals surface area (Å²) >= 11 is -1.69. The Morgan fingerprint density at radius 2 is 1.06 bits per heavy atom. The Labute approximate surface area is 231 Å². The van der Waals surface area contributed by atoms with Crippen LogP contribution in [0.25, 0.3) is 12.2 Å². The first kappa shape index (κ1) is 31.6. The Hall–Kier alpha value is -0.400. The molecule has 2 atom stereocenters. The molecule has 185 valence electrons. The molecule has 0 saturated carbocycles. The van der Waals surface area contributed by atoms with E-state index in [9.17, 15) is 0 Å². The predicted octanol–water partition coefficient (Wildman–Crippen LogP) is 2.82. The van der Waals surface area contributed by atoms with Gasteiger partial charge in [0.25, 0.3) is 0 Å². The molecule has 2 unspecified atom stereocenters. The molecule has 0 radical (unpaired) electrons. The molecule has 0 saturated heterocycles. The third kappa shape index (κ3) is 7.32. The molecular formula is C30H43Cl2SiZr. The van der Waals surface area contributed by atoms with Crippen molar-refractivity contribution in [2.75, 3.05) is 0 Å². The van der Waals surface area contributed by atoms with Gasteiger partial charge in [-0.25, -0.2) is 0 Å². The average molecular weight is 594 g/mol. The van der Waals surface area contributed by atoms with Gasteiger partial charge in [-0.3, -0.25) is 0 Å². The topological polar surface area (TPSA) is 0 Å². The normalized spacial score (nSPS) is 17.6. The largest absolute Gasteiger partial charge is 1.00 e. The average Bonchev–Trinajstić information content (AvgIpc) is 3.40. The van der Waals surface area contributed by atoms with Crippen LogP contribution >= 0.6 is 0 Å². The second-order valence-corrected chi connectivity index (χ2v) is 25.0. The molecule has 0 amide bonds. The van der Waals surface area contributed by atoms with Crippen molar-refractivity contribution in [1.29, 1.82) is 0 Å². The molecule has 2 aromatic rings. The summed E-state index contributed by atoms with van der Waals surface area (Å²) in [5, 5.41) is 0. The Morgan fingerprint density at radius 1 is 0.647 bits per heavy atom. The van der Waals surface area contributed by atoms with Gasteiger partial charge < -0.3 is 24.8 Å². The number of rotatable bonds is 9. The van der Waals surface area contributed by atoms with E-state index in [0.29, 0.717) is 0 Å². The zero-order valence-corrected chi connectivity index (χ0v) is 27.2. The van der Waals surface area contributed by atoms with Crippen LogP contribution in [0.4, 0.5) is 0 Å². The zero-order valence-electron chi connectivity index (χ0n) is 21.8. The number of unbranched alkanes of at least 4 members (excludes halogenated alkanes) is 3. The predicted molar refractivity (Wildman–Crippen MR) is 144 cm³/mol. The van der Waals surface area contributed by atoms with Crippen LogP contribution in [0.2, 0.25) is 6.04 Å². The van der Waals surface area contributed by atoms with E-state index in [2.05, 4.69) is 95.3 Å². The molecular weight excluding hydrogens is 551 g/mol. The van der Waals surface area contributed by atoms with E-state index < -0.39 is 20.9 Å². The van der Waals surface area contributed by atoms with Crippen LogP contribution < -0.4 is 24.8 Å². The third-order valence-electron chi connectivity index (χ3n) is 7.09. The van der Waals surface area contributed by atoms with Crippen molar-refractivity contribution in [3.05, 3.63) is 81.9 Å². The van der Waals surface area contributed by atoms with Gasteiger partial charge in [0.05, 0.1) is 0 Å². The molecule has 0 nitrogen and oxygen atoms in total. The summed E-state index contributed by atoms with van der Waals surface area (Å²) in [5.74, 6) is 0. The third-order valence-corrected chi connectivity index (χ3v) is 27.9. The number of halogens is 2. The minimum Gasteiger partial charge on any atom is -1.00 e. The zero-order chi connectivity index (χ0) is 22.9. The molecule has 0 heterocycles. The first-order chi connectivity index (χ1) is 15.7. The Morgan fingerprint density at radius 3 is 1.41 bits per heavy atom. The van der Waals surface area contributed by atoms with Crippen LogP contribution in [0.1, 0.15) is 103 Å². The van der Waals surface area contributed by atoms with Gasteiger partial charge in [-0.15, -0.1) is 0 Å². The summed E-state index contributed by atoms with van der Waals surface area (Å²) < 4.78 is 1.66. The van der Waals surface area contributed by atoms with Gasteiger partial charge in [-0.2, -0.15) is 0 Å². The summed E-state index contributed by atoms with van der Waals surface area (Å²) in [5.41, 5.74) is 9.90. The molecule has 2 aromatic carbocycles. The first-order valence-corrected chi connectivity index (χ1v) is 22.9. The molecule has 0 N–H and O–H groups in total. The summed E-state index contributed by atoms with van der Waals surface area (Å²) in [6, 6.07) is 20.0. The fraction of sp³-hybridized carbons (Fsp3) is 0.467. The van der Waals surface area contributed by atoms with Crippen molar-refractivity contribution in [3.63, 3.8) is 0 Å². The van der Waals surface area contributed by atoms with Gasteiger partial charge >= 0.3 is 169 Å². The molecule has 4 heteroatoms. The quantitative estimate of drug-likeness (QED) is 0.310. The molecule has 0 aromatic heterocycles. The van der Waals surface area contributed by atoms with Crippen LogP contribution in [-0.4, -0.2) is 6.65 Å². The maximum Gasteiger partial charge on any atom is -1.00 e. The van der Waals surface area contributed by atoms with Crippen molar-refractivity contribution in [1.82, 2.24) is 0 Å². The fourth-order valence-electron chi connectivity index (χ4n) is 5.51.